The van der Waals surface area contributed by atoms with Crippen LogP contribution in [-0.4, -0.2) is 20.1 Å². The number of carboxylic acids is 1. The summed E-state index contributed by atoms with van der Waals surface area (Å²) >= 11 is 0. The van der Waals surface area contributed by atoms with E-state index >= 15 is 0 Å². The van der Waals surface area contributed by atoms with Crippen LogP contribution >= 0.6 is 0 Å². The van der Waals surface area contributed by atoms with E-state index in [0.29, 0.717) is 0 Å². The smallest absolute Gasteiger partial charge is 0.550 e. The molecule has 0 aliphatic carbocycles. The van der Waals surface area contributed by atoms with Crippen LogP contribution in [0.5, 0.6) is 0 Å². The van der Waals surface area contributed by atoms with Gasteiger partial charge >= 0.3 is 29.6 Å². The third-order valence-electron chi connectivity index (χ3n) is 2.05. The Morgan fingerprint density at radius 3 is 2.24 bits per heavy atom. The predicted molar refractivity (Wildman–Crippen MR) is 58.2 cm³/mol. The van der Waals surface area contributed by atoms with Gasteiger partial charge in [-0.3, -0.25) is 0 Å². The SMILES string of the molecule is C=Cc1ccc(S(=O)(=O)CCC(=O)[O-])cc1.[Na+]. The first-order valence-electron chi connectivity index (χ1n) is 4.61. The molecule has 0 N–H and O–H groups in total. The van der Waals surface area contributed by atoms with Crippen LogP contribution in [0.4, 0.5) is 0 Å². The summed E-state index contributed by atoms with van der Waals surface area (Å²) in [5.41, 5.74) is 0.804. The van der Waals surface area contributed by atoms with Crippen LogP contribution in [0.15, 0.2) is 35.7 Å². The second-order valence-corrected chi connectivity index (χ2v) is 5.32. The molecule has 0 aliphatic heterocycles. The van der Waals surface area contributed by atoms with E-state index in [0.717, 1.165) is 5.56 Å². The molecule has 0 saturated carbocycles. The molecule has 0 unspecified atom stereocenters. The number of sulfone groups is 1. The third kappa shape index (κ3) is 5.04. The Morgan fingerprint density at radius 2 is 1.82 bits per heavy atom. The summed E-state index contributed by atoms with van der Waals surface area (Å²) in [6.07, 6.45) is 1.10. The minimum absolute atomic E-state index is 0. The Morgan fingerprint density at radius 1 is 1.29 bits per heavy atom. The molecule has 0 fully saturated rings. The fourth-order valence-corrected chi connectivity index (χ4v) is 2.37. The summed E-state index contributed by atoms with van der Waals surface area (Å²) < 4.78 is 23.2. The second-order valence-electron chi connectivity index (χ2n) is 3.21. The Hall–Kier alpha value is -0.620. The molecule has 4 nitrogen and oxygen atoms in total. The van der Waals surface area contributed by atoms with E-state index in [1.807, 2.05) is 0 Å². The number of carboxylic acid groups (broad SMARTS) is 1. The maximum absolute atomic E-state index is 11.6. The van der Waals surface area contributed by atoms with Gasteiger partial charge in [0.2, 0.25) is 0 Å². The molecule has 0 aromatic heterocycles. The minimum Gasteiger partial charge on any atom is -0.550 e. The zero-order valence-corrected chi connectivity index (χ0v) is 12.4. The van der Waals surface area contributed by atoms with Gasteiger partial charge in [0.25, 0.3) is 0 Å². The van der Waals surface area contributed by atoms with E-state index in [-0.39, 0.29) is 34.5 Å². The van der Waals surface area contributed by atoms with E-state index < -0.39 is 28.0 Å². The molecule has 0 radical (unpaired) electrons. The zero-order chi connectivity index (χ0) is 12.2. The quantitative estimate of drug-likeness (QED) is 0.539. The van der Waals surface area contributed by atoms with Gasteiger partial charge in [-0.25, -0.2) is 8.42 Å². The van der Waals surface area contributed by atoms with Crippen molar-refractivity contribution in [1.82, 2.24) is 0 Å². The number of benzene rings is 1. The standard InChI is InChI=1S/C11H12O4S.Na/c1-2-9-3-5-10(6-4-9)16(14,15)8-7-11(12)13;/h2-6H,1,7-8H2,(H,12,13);/q;+1/p-1. The van der Waals surface area contributed by atoms with E-state index in [1.54, 1.807) is 18.2 Å². The van der Waals surface area contributed by atoms with Crippen molar-refractivity contribution in [2.45, 2.75) is 11.3 Å². The summed E-state index contributed by atoms with van der Waals surface area (Å²) in [7, 11) is -3.54. The molecule has 0 amide bonds. The van der Waals surface area contributed by atoms with Crippen LogP contribution in [0.25, 0.3) is 6.08 Å². The average Bonchev–Trinajstić information content (AvgIpc) is 2.27. The van der Waals surface area contributed by atoms with Crippen molar-refractivity contribution in [3.8, 4) is 0 Å². The molecule has 1 rings (SSSR count). The van der Waals surface area contributed by atoms with Crippen LogP contribution in [0.2, 0.25) is 0 Å². The van der Waals surface area contributed by atoms with E-state index in [9.17, 15) is 18.3 Å². The number of hydrogen-bond acceptors (Lipinski definition) is 4. The Labute approximate surface area is 123 Å². The number of rotatable bonds is 5. The molecule has 0 spiro atoms. The van der Waals surface area contributed by atoms with Gasteiger partial charge in [0.15, 0.2) is 9.84 Å². The maximum atomic E-state index is 11.6. The normalized spacial score (nSPS) is 10.4. The number of carbonyl (C=O) groups excluding carboxylic acids is 1. The molecule has 17 heavy (non-hydrogen) atoms. The minimum atomic E-state index is -3.54. The molecule has 1 aromatic rings. The monoisotopic (exact) mass is 262 g/mol. The van der Waals surface area contributed by atoms with E-state index in [4.69, 9.17) is 0 Å². The van der Waals surface area contributed by atoms with Gasteiger partial charge in [-0.1, -0.05) is 24.8 Å². The van der Waals surface area contributed by atoms with Crippen molar-refractivity contribution in [2.24, 2.45) is 0 Å². The number of aliphatic carboxylic acids is 1. The van der Waals surface area contributed by atoms with Crippen LogP contribution in [0.1, 0.15) is 12.0 Å². The molecule has 0 aliphatic rings. The summed E-state index contributed by atoms with van der Waals surface area (Å²) in [6.45, 7) is 3.55. The molecule has 0 atom stereocenters. The van der Waals surface area contributed by atoms with Gasteiger partial charge < -0.3 is 9.90 Å². The molecule has 6 heteroatoms. The molecule has 1 aromatic carbocycles. The summed E-state index contributed by atoms with van der Waals surface area (Å²) in [4.78, 5) is 10.3. The molecule has 0 heterocycles. The van der Waals surface area contributed by atoms with Crippen molar-refractivity contribution in [1.29, 1.82) is 0 Å². The molecule has 0 bridgehead atoms. The first kappa shape index (κ1) is 16.4. The van der Waals surface area contributed by atoms with Gasteiger partial charge in [0.1, 0.15) is 0 Å². The Balaban J connectivity index is 0.00000256. The Bertz CT molecular complexity index is 491. The zero-order valence-electron chi connectivity index (χ0n) is 9.55. The summed E-state index contributed by atoms with van der Waals surface area (Å²) in [6, 6.07) is 6.08. The first-order valence-corrected chi connectivity index (χ1v) is 6.26. The van der Waals surface area contributed by atoms with Crippen molar-refractivity contribution in [3.05, 3.63) is 36.4 Å². The van der Waals surface area contributed by atoms with Crippen LogP contribution in [0.3, 0.4) is 0 Å². The van der Waals surface area contributed by atoms with Crippen LogP contribution in [0, 0.1) is 0 Å². The average molecular weight is 262 g/mol. The van der Waals surface area contributed by atoms with Crippen LogP contribution < -0.4 is 34.7 Å². The molecule has 0 saturated heterocycles. The van der Waals surface area contributed by atoms with Gasteiger partial charge in [0, 0.05) is 12.4 Å². The molecular weight excluding hydrogens is 251 g/mol. The first-order chi connectivity index (χ1) is 7.45. The van der Waals surface area contributed by atoms with E-state index in [1.165, 1.54) is 12.1 Å². The van der Waals surface area contributed by atoms with Gasteiger partial charge in [-0.2, -0.15) is 0 Å². The van der Waals surface area contributed by atoms with Gasteiger partial charge in [0.05, 0.1) is 10.6 Å². The van der Waals surface area contributed by atoms with Crippen molar-refractivity contribution in [3.63, 3.8) is 0 Å². The number of carbonyl (C=O) groups is 1. The van der Waals surface area contributed by atoms with Gasteiger partial charge in [-0.15, -0.1) is 0 Å². The predicted octanol–water partition coefficient (Wildman–Crippen LogP) is -2.75. The fraction of sp³-hybridized carbons (Fsp3) is 0.182. The van der Waals surface area contributed by atoms with Crippen molar-refractivity contribution >= 4 is 21.9 Å². The second kappa shape index (κ2) is 6.96. The largest absolute Gasteiger partial charge is 1.00 e. The number of hydrogen-bond donors (Lipinski definition) is 0. The van der Waals surface area contributed by atoms with Crippen molar-refractivity contribution in [2.75, 3.05) is 5.75 Å². The fourth-order valence-electron chi connectivity index (χ4n) is 1.15. The van der Waals surface area contributed by atoms with Crippen LogP contribution in [-0.2, 0) is 14.6 Å². The van der Waals surface area contributed by atoms with Crippen molar-refractivity contribution < 1.29 is 47.9 Å². The molecular formula is C11H11NaO4S. The maximum Gasteiger partial charge on any atom is 1.00 e. The summed E-state index contributed by atoms with van der Waals surface area (Å²) in [5.74, 6) is -1.81. The third-order valence-corrected chi connectivity index (χ3v) is 3.78. The Kier molecular flexibility index (Phi) is 6.70. The van der Waals surface area contributed by atoms with E-state index in [2.05, 4.69) is 6.58 Å². The molecule has 86 valence electrons. The van der Waals surface area contributed by atoms with Gasteiger partial charge in [-0.05, 0) is 17.7 Å². The summed E-state index contributed by atoms with van der Waals surface area (Å²) in [5, 5.41) is 10.2. The topological polar surface area (TPSA) is 74.3 Å².